The molecule has 0 aliphatic carbocycles. The van der Waals surface area contributed by atoms with Gasteiger partial charge in [-0.25, -0.2) is 0 Å². The van der Waals surface area contributed by atoms with Crippen molar-refractivity contribution < 1.29 is 14.3 Å². The summed E-state index contributed by atoms with van der Waals surface area (Å²) in [5.41, 5.74) is 0. The zero-order chi connectivity index (χ0) is 16.2. The number of hydrogen-bond acceptors (Lipinski definition) is 4. The minimum absolute atomic E-state index is 0.0397. The maximum absolute atomic E-state index is 11.6. The molecule has 1 aromatic carbocycles. The first-order valence-electron chi connectivity index (χ1n) is 7.89. The molecule has 1 N–H and O–H groups in total. The lowest BCUT2D eigenvalue weighted by Gasteiger charge is -2.11. The number of nitrogens with zero attached hydrogens (tertiary/aromatic N) is 1. The number of rotatable bonds is 11. The number of carbonyl (C=O) groups excluding carboxylic acids is 1. The van der Waals surface area contributed by atoms with E-state index >= 15 is 0 Å². The summed E-state index contributed by atoms with van der Waals surface area (Å²) < 4.78 is 11.0. The lowest BCUT2D eigenvalue weighted by Crippen LogP contribution is -2.31. The molecule has 0 bridgehead atoms. The number of unbranched alkanes of at least 4 members (excludes halogenated alkanes) is 1. The van der Waals surface area contributed by atoms with E-state index in [0.717, 1.165) is 38.2 Å². The molecule has 1 aromatic rings. The average molecular weight is 308 g/mol. The number of carbonyl (C=O) groups is 1. The molecular weight excluding hydrogens is 280 g/mol. The first-order valence-corrected chi connectivity index (χ1v) is 7.89. The van der Waals surface area contributed by atoms with Crippen LogP contribution in [-0.2, 0) is 4.79 Å². The third-order valence-electron chi connectivity index (χ3n) is 3.06. The SMILES string of the molecule is CCCCOc1ccc(OCC(=O)NCCCN(C)C)cc1. The Labute approximate surface area is 133 Å². The highest BCUT2D eigenvalue weighted by atomic mass is 16.5. The Morgan fingerprint density at radius 1 is 1.09 bits per heavy atom. The lowest BCUT2D eigenvalue weighted by atomic mass is 10.3. The van der Waals surface area contributed by atoms with E-state index in [2.05, 4.69) is 17.1 Å². The Morgan fingerprint density at radius 3 is 2.32 bits per heavy atom. The fourth-order valence-electron chi connectivity index (χ4n) is 1.79. The maximum Gasteiger partial charge on any atom is 0.257 e. The number of amides is 1. The number of ether oxygens (including phenoxy) is 2. The molecule has 124 valence electrons. The first kappa shape index (κ1) is 18.3. The van der Waals surface area contributed by atoms with Gasteiger partial charge in [0.15, 0.2) is 6.61 Å². The van der Waals surface area contributed by atoms with Gasteiger partial charge in [0.1, 0.15) is 11.5 Å². The van der Waals surface area contributed by atoms with Crippen LogP contribution in [0.4, 0.5) is 0 Å². The van der Waals surface area contributed by atoms with Gasteiger partial charge in [0.25, 0.3) is 5.91 Å². The van der Waals surface area contributed by atoms with Crippen LogP contribution in [0, 0.1) is 0 Å². The van der Waals surface area contributed by atoms with Crippen LogP contribution < -0.4 is 14.8 Å². The Bertz CT molecular complexity index is 418. The molecule has 1 rings (SSSR count). The molecule has 0 fully saturated rings. The summed E-state index contributed by atoms with van der Waals surface area (Å²) in [6.07, 6.45) is 3.10. The zero-order valence-electron chi connectivity index (χ0n) is 13.9. The van der Waals surface area contributed by atoms with E-state index in [1.165, 1.54) is 0 Å². The molecule has 5 nitrogen and oxygen atoms in total. The molecule has 0 aromatic heterocycles. The van der Waals surface area contributed by atoms with Crippen molar-refractivity contribution in [2.75, 3.05) is 40.4 Å². The summed E-state index contributed by atoms with van der Waals surface area (Å²) in [5, 5.41) is 2.84. The molecule has 0 saturated heterocycles. The normalized spacial score (nSPS) is 10.5. The van der Waals surface area contributed by atoms with Crippen molar-refractivity contribution in [1.29, 1.82) is 0 Å². The van der Waals surface area contributed by atoms with Gasteiger partial charge < -0.3 is 19.7 Å². The highest BCUT2D eigenvalue weighted by Crippen LogP contribution is 2.17. The molecule has 0 aliphatic heterocycles. The van der Waals surface area contributed by atoms with E-state index < -0.39 is 0 Å². The zero-order valence-corrected chi connectivity index (χ0v) is 13.9. The Balaban J connectivity index is 2.19. The third-order valence-corrected chi connectivity index (χ3v) is 3.06. The summed E-state index contributed by atoms with van der Waals surface area (Å²) in [5.74, 6) is 1.40. The van der Waals surface area contributed by atoms with E-state index in [1.807, 2.05) is 38.4 Å². The summed E-state index contributed by atoms with van der Waals surface area (Å²) in [6.45, 7) is 4.53. The van der Waals surface area contributed by atoms with Gasteiger partial charge in [-0.1, -0.05) is 13.3 Å². The summed E-state index contributed by atoms with van der Waals surface area (Å²) >= 11 is 0. The summed E-state index contributed by atoms with van der Waals surface area (Å²) in [4.78, 5) is 13.7. The Kier molecular flexibility index (Phi) is 9.07. The van der Waals surface area contributed by atoms with Gasteiger partial charge in [0.2, 0.25) is 0 Å². The van der Waals surface area contributed by atoms with Crippen molar-refractivity contribution in [1.82, 2.24) is 10.2 Å². The van der Waals surface area contributed by atoms with Crippen LogP contribution in [0.15, 0.2) is 24.3 Å². The van der Waals surface area contributed by atoms with Crippen LogP contribution >= 0.6 is 0 Å². The van der Waals surface area contributed by atoms with Gasteiger partial charge in [-0.05, 0) is 57.7 Å². The minimum Gasteiger partial charge on any atom is -0.494 e. The highest BCUT2D eigenvalue weighted by Gasteiger charge is 2.03. The molecule has 0 spiro atoms. The Morgan fingerprint density at radius 2 is 1.73 bits per heavy atom. The number of benzene rings is 1. The molecule has 5 heteroatoms. The van der Waals surface area contributed by atoms with Crippen LogP contribution in [0.5, 0.6) is 11.5 Å². The topological polar surface area (TPSA) is 50.8 Å². The van der Waals surface area contributed by atoms with E-state index in [0.29, 0.717) is 12.3 Å². The van der Waals surface area contributed by atoms with Crippen molar-refractivity contribution in [3.63, 3.8) is 0 Å². The average Bonchev–Trinajstić information content (AvgIpc) is 2.51. The summed E-state index contributed by atoms with van der Waals surface area (Å²) in [7, 11) is 4.03. The smallest absolute Gasteiger partial charge is 0.257 e. The molecule has 22 heavy (non-hydrogen) atoms. The maximum atomic E-state index is 11.6. The predicted molar refractivity (Wildman–Crippen MR) is 88.5 cm³/mol. The molecule has 0 radical (unpaired) electrons. The van der Waals surface area contributed by atoms with Crippen molar-refractivity contribution in [3.05, 3.63) is 24.3 Å². The van der Waals surface area contributed by atoms with E-state index in [1.54, 1.807) is 0 Å². The van der Waals surface area contributed by atoms with Gasteiger partial charge in [-0.3, -0.25) is 4.79 Å². The van der Waals surface area contributed by atoms with Crippen LogP contribution in [-0.4, -0.2) is 51.2 Å². The van der Waals surface area contributed by atoms with Crippen molar-refractivity contribution in [3.8, 4) is 11.5 Å². The second kappa shape index (κ2) is 10.9. The molecule has 0 aliphatic rings. The van der Waals surface area contributed by atoms with Crippen LogP contribution in [0.1, 0.15) is 26.2 Å². The molecule has 0 saturated carbocycles. The molecule has 1 amide bonds. The summed E-state index contributed by atoms with van der Waals surface area (Å²) in [6, 6.07) is 7.36. The van der Waals surface area contributed by atoms with Crippen LogP contribution in [0.2, 0.25) is 0 Å². The van der Waals surface area contributed by atoms with Crippen molar-refractivity contribution in [2.45, 2.75) is 26.2 Å². The predicted octanol–water partition coefficient (Wildman–Crippen LogP) is 2.31. The second-order valence-corrected chi connectivity index (χ2v) is 5.47. The minimum atomic E-state index is -0.0953. The van der Waals surface area contributed by atoms with Crippen LogP contribution in [0.25, 0.3) is 0 Å². The van der Waals surface area contributed by atoms with Crippen molar-refractivity contribution >= 4 is 5.91 Å². The van der Waals surface area contributed by atoms with E-state index in [4.69, 9.17) is 9.47 Å². The fraction of sp³-hybridized carbons (Fsp3) is 0.588. The lowest BCUT2D eigenvalue weighted by molar-refractivity contribution is -0.123. The van der Waals surface area contributed by atoms with Gasteiger partial charge >= 0.3 is 0 Å². The molecule has 0 atom stereocenters. The molecule has 0 unspecified atom stereocenters. The molecule has 0 heterocycles. The Hall–Kier alpha value is -1.75. The van der Waals surface area contributed by atoms with Gasteiger partial charge in [-0.15, -0.1) is 0 Å². The van der Waals surface area contributed by atoms with Gasteiger partial charge in [-0.2, -0.15) is 0 Å². The standard InChI is InChI=1S/C17H28N2O3/c1-4-5-13-21-15-7-9-16(10-8-15)22-14-17(20)18-11-6-12-19(2)3/h7-10H,4-6,11-14H2,1-3H3,(H,18,20). The van der Waals surface area contributed by atoms with E-state index in [-0.39, 0.29) is 12.5 Å². The highest BCUT2D eigenvalue weighted by molar-refractivity contribution is 5.77. The van der Waals surface area contributed by atoms with Gasteiger partial charge in [0, 0.05) is 6.54 Å². The van der Waals surface area contributed by atoms with E-state index in [9.17, 15) is 4.79 Å². The molecular formula is C17H28N2O3. The first-order chi connectivity index (χ1) is 10.6. The largest absolute Gasteiger partial charge is 0.494 e. The van der Waals surface area contributed by atoms with Crippen molar-refractivity contribution in [2.24, 2.45) is 0 Å². The number of nitrogens with one attached hydrogen (secondary N) is 1. The van der Waals surface area contributed by atoms with Gasteiger partial charge in [0.05, 0.1) is 6.61 Å². The monoisotopic (exact) mass is 308 g/mol. The fourth-order valence-corrected chi connectivity index (χ4v) is 1.79. The third kappa shape index (κ3) is 8.52. The quantitative estimate of drug-likeness (QED) is 0.637. The second-order valence-electron chi connectivity index (χ2n) is 5.47. The van der Waals surface area contributed by atoms with Crippen LogP contribution in [0.3, 0.4) is 0 Å². The number of hydrogen-bond donors (Lipinski definition) is 1.